The third-order valence-electron chi connectivity index (χ3n) is 1.62. The number of hydrogen-bond acceptors (Lipinski definition) is 2. The highest BCUT2D eigenvalue weighted by Gasteiger charge is 2.10. The highest BCUT2D eigenvalue weighted by Crippen LogP contribution is 2.23. The predicted octanol–water partition coefficient (Wildman–Crippen LogP) is 2.05. The molecule has 0 amide bonds. The molecule has 1 unspecified atom stereocenters. The normalized spacial score (nSPS) is 12.1. The number of aliphatic hydroxyl groups excluding tert-OH is 1. The molecule has 0 aliphatic carbocycles. The summed E-state index contributed by atoms with van der Waals surface area (Å²) in [6, 6.07) is 9.43. The fourth-order valence-corrected chi connectivity index (χ4v) is 1.53. The van der Waals surface area contributed by atoms with Gasteiger partial charge in [-0.1, -0.05) is 34.1 Å². The van der Waals surface area contributed by atoms with Crippen molar-refractivity contribution in [2.24, 2.45) is 0 Å². The highest BCUT2D eigenvalue weighted by molar-refractivity contribution is 9.10. The molecule has 0 heterocycles. The molecule has 1 aromatic rings. The largest absolute Gasteiger partial charge is 0.395 e. The number of nitrogens with zero attached hydrogens (tertiary/aromatic N) is 1. The molecule has 62 valence electrons. The molecule has 0 spiro atoms. The van der Waals surface area contributed by atoms with Crippen LogP contribution in [0, 0.1) is 11.3 Å². The molecule has 1 rings (SSSR count). The third kappa shape index (κ3) is 1.84. The van der Waals surface area contributed by atoms with Gasteiger partial charge in [-0.15, -0.1) is 0 Å². The van der Waals surface area contributed by atoms with E-state index in [1.54, 1.807) is 0 Å². The Hall–Kier alpha value is -0.850. The van der Waals surface area contributed by atoms with E-state index in [2.05, 4.69) is 15.9 Å². The first kappa shape index (κ1) is 9.24. The Morgan fingerprint density at radius 1 is 1.50 bits per heavy atom. The minimum Gasteiger partial charge on any atom is -0.395 e. The van der Waals surface area contributed by atoms with E-state index >= 15 is 0 Å². The molecular formula is C9H8BrNO. The van der Waals surface area contributed by atoms with E-state index in [9.17, 15) is 0 Å². The number of nitriles is 1. The van der Waals surface area contributed by atoms with E-state index in [1.165, 1.54) is 0 Å². The summed E-state index contributed by atoms with van der Waals surface area (Å²) in [7, 11) is 0. The van der Waals surface area contributed by atoms with Gasteiger partial charge in [-0.2, -0.15) is 5.26 Å². The second-order valence-corrected chi connectivity index (χ2v) is 3.24. The van der Waals surface area contributed by atoms with Crippen LogP contribution in [-0.4, -0.2) is 11.7 Å². The van der Waals surface area contributed by atoms with Crippen molar-refractivity contribution in [2.45, 2.75) is 5.92 Å². The molecule has 0 bridgehead atoms. The molecule has 12 heavy (non-hydrogen) atoms. The van der Waals surface area contributed by atoms with Gasteiger partial charge in [0.1, 0.15) is 0 Å². The van der Waals surface area contributed by atoms with Gasteiger partial charge in [0.05, 0.1) is 18.6 Å². The Labute approximate surface area is 79.6 Å². The van der Waals surface area contributed by atoms with Crippen LogP contribution in [0.15, 0.2) is 28.7 Å². The number of rotatable bonds is 2. The van der Waals surface area contributed by atoms with Crippen molar-refractivity contribution in [1.29, 1.82) is 5.26 Å². The molecule has 3 heteroatoms. The van der Waals surface area contributed by atoms with E-state index in [4.69, 9.17) is 10.4 Å². The molecule has 2 nitrogen and oxygen atoms in total. The van der Waals surface area contributed by atoms with Crippen LogP contribution < -0.4 is 0 Å². The summed E-state index contributed by atoms with van der Waals surface area (Å²) in [5, 5.41) is 17.5. The zero-order chi connectivity index (χ0) is 8.97. The van der Waals surface area contributed by atoms with E-state index in [1.807, 2.05) is 30.3 Å². The standard InChI is InChI=1S/C9H8BrNO/c10-9-4-2-1-3-8(9)7(5-11)6-12/h1-4,7,12H,6H2. The molecular weight excluding hydrogens is 218 g/mol. The van der Waals surface area contributed by atoms with Crippen molar-refractivity contribution in [3.8, 4) is 6.07 Å². The number of halogens is 1. The Balaban J connectivity index is 3.02. The highest BCUT2D eigenvalue weighted by atomic mass is 79.9. The van der Waals surface area contributed by atoms with Gasteiger partial charge in [-0.3, -0.25) is 0 Å². The first-order valence-electron chi connectivity index (χ1n) is 3.54. The summed E-state index contributed by atoms with van der Waals surface area (Å²) in [5.74, 6) is -0.430. The lowest BCUT2D eigenvalue weighted by Gasteiger charge is -2.06. The number of aliphatic hydroxyl groups is 1. The van der Waals surface area contributed by atoms with Crippen molar-refractivity contribution >= 4 is 15.9 Å². The molecule has 0 saturated heterocycles. The van der Waals surface area contributed by atoms with Crippen LogP contribution >= 0.6 is 15.9 Å². The van der Waals surface area contributed by atoms with Crippen molar-refractivity contribution in [3.63, 3.8) is 0 Å². The van der Waals surface area contributed by atoms with Gasteiger partial charge < -0.3 is 5.11 Å². The lowest BCUT2D eigenvalue weighted by molar-refractivity contribution is 0.285. The van der Waals surface area contributed by atoms with Gasteiger partial charge >= 0.3 is 0 Å². The fourth-order valence-electron chi connectivity index (χ4n) is 0.966. The lowest BCUT2D eigenvalue weighted by Crippen LogP contribution is -2.01. The minimum atomic E-state index is -0.430. The number of hydrogen-bond donors (Lipinski definition) is 1. The van der Waals surface area contributed by atoms with Crippen molar-refractivity contribution < 1.29 is 5.11 Å². The molecule has 0 aromatic heterocycles. The van der Waals surface area contributed by atoms with E-state index in [0.717, 1.165) is 10.0 Å². The van der Waals surface area contributed by atoms with Crippen LogP contribution in [0.4, 0.5) is 0 Å². The SMILES string of the molecule is N#CC(CO)c1ccccc1Br. The average Bonchev–Trinajstić information content (AvgIpc) is 2.10. The van der Waals surface area contributed by atoms with Crippen LogP contribution in [0.1, 0.15) is 11.5 Å². The van der Waals surface area contributed by atoms with Crippen molar-refractivity contribution in [3.05, 3.63) is 34.3 Å². The van der Waals surface area contributed by atoms with Gasteiger partial charge in [-0.25, -0.2) is 0 Å². The van der Waals surface area contributed by atoms with E-state index in [-0.39, 0.29) is 6.61 Å². The number of benzene rings is 1. The van der Waals surface area contributed by atoms with Crippen molar-refractivity contribution in [1.82, 2.24) is 0 Å². The van der Waals surface area contributed by atoms with Crippen LogP contribution in [0.2, 0.25) is 0 Å². The average molecular weight is 226 g/mol. The van der Waals surface area contributed by atoms with Gasteiger partial charge in [0, 0.05) is 4.47 Å². The zero-order valence-electron chi connectivity index (χ0n) is 6.37. The molecule has 0 saturated carbocycles. The summed E-state index contributed by atoms with van der Waals surface area (Å²) < 4.78 is 0.866. The molecule has 1 N–H and O–H groups in total. The maximum absolute atomic E-state index is 8.86. The molecule has 0 fully saturated rings. The van der Waals surface area contributed by atoms with Crippen LogP contribution in [0.3, 0.4) is 0 Å². The summed E-state index contributed by atoms with van der Waals surface area (Å²) >= 11 is 3.32. The monoisotopic (exact) mass is 225 g/mol. The van der Waals surface area contributed by atoms with E-state index < -0.39 is 5.92 Å². The van der Waals surface area contributed by atoms with Crippen molar-refractivity contribution in [2.75, 3.05) is 6.61 Å². The molecule has 0 aliphatic rings. The second-order valence-electron chi connectivity index (χ2n) is 2.39. The van der Waals surface area contributed by atoms with Gasteiger partial charge in [-0.05, 0) is 11.6 Å². The summed E-state index contributed by atoms with van der Waals surface area (Å²) in [6.07, 6.45) is 0. The Kier molecular flexibility index (Phi) is 3.27. The quantitative estimate of drug-likeness (QED) is 0.838. The van der Waals surface area contributed by atoms with Crippen LogP contribution in [-0.2, 0) is 0 Å². The van der Waals surface area contributed by atoms with Gasteiger partial charge in [0.25, 0.3) is 0 Å². The fraction of sp³-hybridized carbons (Fsp3) is 0.222. The van der Waals surface area contributed by atoms with Crippen LogP contribution in [0.25, 0.3) is 0 Å². The maximum atomic E-state index is 8.86. The Morgan fingerprint density at radius 3 is 2.67 bits per heavy atom. The van der Waals surface area contributed by atoms with Gasteiger partial charge in [0.15, 0.2) is 0 Å². The molecule has 0 radical (unpaired) electrons. The summed E-state index contributed by atoms with van der Waals surface area (Å²) in [5.41, 5.74) is 0.836. The van der Waals surface area contributed by atoms with Gasteiger partial charge in [0.2, 0.25) is 0 Å². The Bertz CT molecular complexity index is 306. The third-order valence-corrected chi connectivity index (χ3v) is 2.34. The summed E-state index contributed by atoms with van der Waals surface area (Å²) in [6.45, 7) is -0.140. The summed E-state index contributed by atoms with van der Waals surface area (Å²) in [4.78, 5) is 0. The molecule has 0 aliphatic heterocycles. The topological polar surface area (TPSA) is 44.0 Å². The zero-order valence-corrected chi connectivity index (χ0v) is 7.95. The minimum absolute atomic E-state index is 0.140. The second kappa shape index (κ2) is 4.24. The first-order chi connectivity index (χ1) is 5.79. The predicted molar refractivity (Wildman–Crippen MR) is 49.6 cm³/mol. The lowest BCUT2D eigenvalue weighted by atomic mass is 10.0. The smallest absolute Gasteiger partial charge is 0.0954 e. The van der Waals surface area contributed by atoms with Crippen LogP contribution in [0.5, 0.6) is 0 Å². The molecule has 1 atom stereocenters. The van der Waals surface area contributed by atoms with E-state index in [0.29, 0.717) is 0 Å². The Morgan fingerprint density at radius 2 is 2.17 bits per heavy atom. The first-order valence-corrected chi connectivity index (χ1v) is 4.33. The maximum Gasteiger partial charge on any atom is 0.0954 e. The molecule has 1 aromatic carbocycles.